The van der Waals surface area contributed by atoms with Gasteiger partial charge in [-0.1, -0.05) is 0 Å². The van der Waals surface area contributed by atoms with Crippen LogP contribution in [0.4, 0.5) is 0 Å². The van der Waals surface area contributed by atoms with Gasteiger partial charge >= 0.3 is 0 Å². The molecule has 1 fully saturated rings. The lowest BCUT2D eigenvalue weighted by atomic mass is 11.8. The summed E-state index contributed by atoms with van der Waals surface area (Å²) in [6, 6.07) is 0. The zero-order valence-corrected chi connectivity index (χ0v) is 21.8. The van der Waals surface area contributed by atoms with E-state index in [9.17, 15) is 0 Å². The molecule has 1 aliphatic heterocycles. The van der Waals surface area contributed by atoms with Crippen molar-refractivity contribution in [3.05, 3.63) is 0 Å². The molecular formula is C3H6I6Si3. The van der Waals surface area contributed by atoms with Gasteiger partial charge in [-0.25, -0.2) is 0 Å². The second-order valence-corrected chi connectivity index (χ2v) is 68.2. The van der Waals surface area contributed by atoms with Gasteiger partial charge in [-0.3, -0.25) is 0 Å². The van der Waals surface area contributed by atoms with E-state index in [2.05, 4.69) is 131 Å². The predicted octanol–water partition coefficient (Wildman–Crippen LogP) is 5.55. The fourth-order valence-corrected chi connectivity index (χ4v) is 164. The predicted molar refractivity (Wildman–Crippen MR) is 116 cm³/mol. The maximum Gasteiger partial charge on any atom is 0.189 e. The average molecular weight is 888 g/mol. The van der Waals surface area contributed by atoms with Crippen molar-refractivity contribution < 1.29 is 0 Å². The van der Waals surface area contributed by atoms with Crippen molar-refractivity contribution in [2.24, 2.45) is 0 Å². The molecule has 0 unspecified atom stereocenters. The Morgan fingerprint density at radius 1 is 0.500 bits per heavy atom. The lowest BCUT2D eigenvalue weighted by Crippen LogP contribution is -2.47. The van der Waals surface area contributed by atoms with Crippen LogP contribution in [0, 0.1) is 0 Å². The number of hydrogen-bond donors (Lipinski definition) is 0. The quantitative estimate of drug-likeness (QED) is 0.170. The highest BCUT2D eigenvalue weighted by atomic mass is 127. The summed E-state index contributed by atoms with van der Waals surface area (Å²) < 4.78 is -2.48. The van der Waals surface area contributed by atoms with E-state index in [0.717, 1.165) is 0 Å². The third kappa shape index (κ3) is 5.58. The maximum absolute atomic E-state index is 2.82. The molecule has 0 nitrogen and oxygen atoms in total. The van der Waals surface area contributed by atoms with Crippen LogP contribution in [-0.2, 0) is 0 Å². The number of hydrogen-bond acceptors (Lipinski definition) is 0. The fraction of sp³-hybridized carbons (Fsp3) is 1.00. The Morgan fingerprint density at radius 3 is 0.833 bits per heavy atom. The second kappa shape index (κ2) is 5.34. The minimum absolute atomic E-state index is 0.828. The van der Waals surface area contributed by atoms with E-state index < -0.39 is 9.20 Å². The summed E-state index contributed by atoms with van der Waals surface area (Å²) in [6.07, 6.45) is 0. The van der Waals surface area contributed by atoms with Crippen LogP contribution in [0.2, 0.25) is 17.0 Å². The summed E-state index contributed by atoms with van der Waals surface area (Å²) in [5.41, 5.74) is 4.88. The molecule has 1 rings (SSSR count). The molecule has 1 saturated heterocycles. The normalized spacial score (nSPS) is 31.5. The van der Waals surface area contributed by atoms with Crippen LogP contribution in [0.25, 0.3) is 0 Å². The van der Waals surface area contributed by atoms with Gasteiger partial charge in [-0.2, -0.15) is 0 Å². The van der Waals surface area contributed by atoms with Crippen LogP contribution >= 0.6 is 131 Å². The first-order valence-electron chi connectivity index (χ1n) is 3.26. The minimum Gasteiger partial charge on any atom is -0.105 e. The van der Waals surface area contributed by atoms with Crippen molar-refractivity contribution >= 4 is 140 Å². The molecule has 0 bridgehead atoms. The van der Waals surface area contributed by atoms with Crippen LogP contribution in [0.3, 0.4) is 0 Å². The van der Waals surface area contributed by atoms with E-state index >= 15 is 0 Å². The largest absolute Gasteiger partial charge is 0.189 e. The summed E-state index contributed by atoms with van der Waals surface area (Å²) in [6.45, 7) is 0. The van der Waals surface area contributed by atoms with Crippen molar-refractivity contribution in [1.82, 2.24) is 0 Å². The molecule has 0 spiro atoms. The van der Waals surface area contributed by atoms with Crippen LogP contribution in [0.5, 0.6) is 0 Å². The Hall–Kier alpha value is 5.03. The molecular weight excluding hydrogens is 882 g/mol. The standard InChI is InChI=1S/C3H6I6Si3/c4-10(5)1-11(6,7)3-12(8,9)2-10/h1-3H2. The average Bonchev–Trinajstić information content (AvgIpc) is 1.44. The molecule has 0 N–H and O–H groups in total. The molecule has 12 heavy (non-hydrogen) atoms. The van der Waals surface area contributed by atoms with Gasteiger partial charge in [0.05, 0.1) is 0 Å². The first kappa shape index (κ1) is 15.1. The minimum atomic E-state index is -0.828. The summed E-state index contributed by atoms with van der Waals surface area (Å²) in [5, 5.41) is 0. The first-order chi connectivity index (χ1) is 5.12. The zero-order valence-electron chi connectivity index (χ0n) is 5.89. The molecule has 0 radical (unpaired) electrons. The van der Waals surface area contributed by atoms with E-state index in [1.165, 1.54) is 0 Å². The van der Waals surface area contributed by atoms with Gasteiger partial charge in [0.15, 0.2) is 9.20 Å². The molecule has 72 valence electrons. The summed E-state index contributed by atoms with van der Waals surface area (Å²) >= 11 is 16.9. The van der Waals surface area contributed by atoms with Crippen LogP contribution in [0.1, 0.15) is 0 Å². The Balaban J connectivity index is 2.81. The van der Waals surface area contributed by atoms with Crippen molar-refractivity contribution in [3.63, 3.8) is 0 Å². The van der Waals surface area contributed by atoms with E-state index in [-0.39, 0.29) is 0 Å². The van der Waals surface area contributed by atoms with Gasteiger partial charge in [-0.15, -0.1) is 131 Å². The SMILES string of the molecule is I[Si]1(I)C[Si](I)(I)C[Si](I)(I)C1. The third-order valence-corrected chi connectivity index (χ3v) is 55.2. The third-order valence-electron chi connectivity index (χ3n) is 1.55. The van der Waals surface area contributed by atoms with Gasteiger partial charge in [0, 0.05) is 0 Å². The first-order valence-corrected chi connectivity index (χ1v) is 29.2. The molecule has 0 amide bonds. The smallest absolute Gasteiger partial charge is 0.105 e. The molecule has 1 aliphatic rings. The van der Waals surface area contributed by atoms with E-state index in [0.29, 0.717) is 0 Å². The van der Waals surface area contributed by atoms with Gasteiger partial charge in [0.25, 0.3) is 0 Å². The van der Waals surface area contributed by atoms with Crippen molar-refractivity contribution in [1.29, 1.82) is 0 Å². The lowest BCUT2D eigenvalue weighted by molar-refractivity contribution is 1.67. The summed E-state index contributed by atoms with van der Waals surface area (Å²) in [5.74, 6) is 0. The molecule has 0 aliphatic carbocycles. The zero-order chi connectivity index (χ0) is 9.62. The monoisotopic (exact) mass is 887 g/mol. The Labute approximate surface area is 153 Å². The highest BCUT2D eigenvalue weighted by Crippen LogP contribution is 2.55. The molecule has 9 heteroatoms. The molecule has 0 aromatic carbocycles. The van der Waals surface area contributed by atoms with Crippen molar-refractivity contribution in [2.75, 3.05) is 0 Å². The number of halogens is 6. The van der Waals surface area contributed by atoms with Crippen LogP contribution in [0.15, 0.2) is 0 Å². The van der Waals surface area contributed by atoms with E-state index in [1.807, 2.05) is 0 Å². The number of rotatable bonds is 0. The molecule has 0 aromatic rings. The molecule has 0 atom stereocenters. The van der Waals surface area contributed by atoms with Crippen LogP contribution in [-0.4, -0.2) is 9.20 Å². The Kier molecular flexibility index (Phi) is 6.72. The van der Waals surface area contributed by atoms with Crippen molar-refractivity contribution in [2.45, 2.75) is 17.0 Å². The molecule has 0 aromatic heterocycles. The summed E-state index contributed by atoms with van der Waals surface area (Å²) in [7, 11) is 0. The topological polar surface area (TPSA) is 0 Å². The second-order valence-electron chi connectivity index (χ2n) is 3.10. The Morgan fingerprint density at radius 2 is 0.667 bits per heavy atom. The van der Waals surface area contributed by atoms with Crippen molar-refractivity contribution in [3.8, 4) is 0 Å². The highest BCUT2D eigenvalue weighted by molar-refractivity contribution is 14.3. The van der Waals surface area contributed by atoms with Crippen LogP contribution < -0.4 is 0 Å². The lowest BCUT2D eigenvalue weighted by Gasteiger charge is -2.38. The van der Waals surface area contributed by atoms with Gasteiger partial charge in [0.1, 0.15) is 0 Å². The molecule has 0 saturated carbocycles. The van der Waals surface area contributed by atoms with Gasteiger partial charge in [0.2, 0.25) is 0 Å². The Bertz CT molecular complexity index is 145. The van der Waals surface area contributed by atoms with Gasteiger partial charge in [-0.05, 0) is 17.0 Å². The van der Waals surface area contributed by atoms with E-state index in [4.69, 9.17) is 0 Å². The van der Waals surface area contributed by atoms with Gasteiger partial charge < -0.3 is 0 Å². The molecule has 1 heterocycles. The maximum atomic E-state index is 2.82. The summed E-state index contributed by atoms with van der Waals surface area (Å²) in [4.78, 5) is 0. The van der Waals surface area contributed by atoms with E-state index in [1.54, 1.807) is 17.0 Å². The highest BCUT2D eigenvalue weighted by Gasteiger charge is 2.53. The fourth-order valence-electron chi connectivity index (χ4n) is 1.32.